The van der Waals surface area contributed by atoms with Crippen LogP contribution in [-0.4, -0.2) is 37.3 Å². The highest BCUT2D eigenvalue weighted by molar-refractivity contribution is 6.30. The van der Waals surface area contributed by atoms with E-state index in [1.807, 2.05) is 12.1 Å². The Morgan fingerprint density at radius 3 is 2.38 bits per heavy atom. The normalized spacial score (nSPS) is 11.9. The third-order valence-corrected chi connectivity index (χ3v) is 3.70. The Kier molecular flexibility index (Phi) is 5.45. The van der Waals surface area contributed by atoms with Crippen molar-refractivity contribution in [3.63, 3.8) is 0 Å². The summed E-state index contributed by atoms with van der Waals surface area (Å²) in [5.74, 6) is 0.797. The molecule has 1 unspecified atom stereocenters. The largest absolute Gasteiger partial charge is 0.481 e. The number of carboxylic acids is 1. The van der Waals surface area contributed by atoms with Crippen LogP contribution in [0, 0.1) is 0 Å². The summed E-state index contributed by atoms with van der Waals surface area (Å²) in [5.41, 5.74) is 6.48. The number of carboxylic acid groups (broad SMARTS) is 1. The number of benzene rings is 2. The van der Waals surface area contributed by atoms with Crippen molar-refractivity contribution in [3.8, 4) is 22.9 Å². The molecule has 0 aliphatic heterocycles. The molecular weight excluding hydrogens is 358 g/mol. The maximum atomic E-state index is 10.6. The number of carbonyl (C=O) groups is 1. The Bertz CT molecular complexity index is 880. The van der Waals surface area contributed by atoms with Crippen molar-refractivity contribution in [2.24, 2.45) is 5.73 Å². The van der Waals surface area contributed by atoms with Gasteiger partial charge < -0.3 is 15.6 Å². The average molecular weight is 374 g/mol. The maximum absolute atomic E-state index is 10.6. The van der Waals surface area contributed by atoms with Crippen LogP contribution in [0.4, 0.5) is 0 Å². The van der Waals surface area contributed by atoms with Crippen molar-refractivity contribution >= 4 is 17.6 Å². The van der Waals surface area contributed by atoms with Crippen molar-refractivity contribution in [2.75, 3.05) is 0 Å². The minimum atomic E-state index is -0.964. The Hall–Kier alpha value is -2.97. The number of nitrogens with two attached hydrogens (primary N) is 1. The smallest absolute Gasteiger partial charge is 0.304 e. The van der Waals surface area contributed by atoms with E-state index in [1.165, 1.54) is 4.80 Å². The van der Waals surface area contributed by atoms with Crippen molar-refractivity contribution in [1.82, 2.24) is 20.2 Å². The van der Waals surface area contributed by atoms with E-state index in [0.29, 0.717) is 22.3 Å². The minimum absolute atomic E-state index is 0.159. The SMILES string of the molecule is NC(CC(=O)O)Cn1nnc(-c2ccc(Oc3ccc(Cl)cc3)cc2)n1. The molecule has 0 amide bonds. The molecule has 1 aromatic heterocycles. The predicted molar refractivity (Wildman–Crippen MR) is 95.0 cm³/mol. The van der Waals surface area contributed by atoms with Crippen LogP contribution in [0.15, 0.2) is 48.5 Å². The number of aliphatic carboxylic acids is 1. The van der Waals surface area contributed by atoms with Gasteiger partial charge in [0.05, 0.1) is 13.0 Å². The van der Waals surface area contributed by atoms with E-state index in [9.17, 15) is 4.79 Å². The van der Waals surface area contributed by atoms with Crippen LogP contribution in [0.3, 0.4) is 0 Å². The van der Waals surface area contributed by atoms with Gasteiger partial charge in [0.25, 0.3) is 0 Å². The average Bonchev–Trinajstić information content (AvgIpc) is 3.05. The van der Waals surface area contributed by atoms with Crippen molar-refractivity contribution in [1.29, 1.82) is 0 Å². The summed E-state index contributed by atoms with van der Waals surface area (Å²) in [4.78, 5) is 11.9. The van der Waals surface area contributed by atoms with Gasteiger partial charge >= 0.3 is 5.97 Å². The van der Waals surface area contributed by atoms with Crippen LogP contribution < -0.4 is 10.5 Å². The maximum Gasteiger partial charge on any atom is 0.304 e. The van der Waals surface area contributed by atoms with Gasteiger partial charge in [-0.15, -0.1) is 10.2 Å². The van der Waals surface area contributed by atoms with Crippen LogP contribution in [-0.2, 0) is 11.3 Å². The van der Waals surface area contributed by atoms with E-state index in [4.69, 9.17) is 27.2 Å². The third-order valence-electron chi connectivity index (χ3n) is 3.45. The molecule has 0 saturated heterocycles. The fourth-order valence-corrected chi connectivity index (χ4v) is 2.37. The highest BCUT2D eigenvalue weighted by Gasteiger charge is 2.12. The van der Waals surface area contributed by atoms with Gasteiger partial charge in [-0.25, -0.2) is 0 Å². The van der Waals surface area contributed by atoms with Gasteiger partial charge in [-0.1, -0.05) is 11.6 Å². The first-order valence-corrected chi connectivity index (χ1v) is 8.16. The number of aromatic nitrogens is 4. The number of rotatable bonds is 7. The summed E-state index contributed by atoms with van der Waals surface area (Å²) in [6.07, 6.45) is -0.159. The van der Waals surface area contributed by atoms with Crippen LogP contribution in [0.25, 0.3) is 11.4 Å². The van der Waals surface area contributed by atoms with Gasteiger partial charge in [0.15, 0.2) is 0 Å². The van der Waals surface area contributed by atoms with E-state index in [0.717, 1.165) is 5.56 Å². The summed E-state index contributed by atoms with van der Waals surface area (Å²) in [5, 5.41) is 21.4. The first-order valence-electron chi connectivity index (χ1n) is 7.78. The second-order valence-electron chi connectivity index (χ2n) is 5.61. The Morgan fingerprint density at radius 1 is 1.15 bits per heavy atom. The molecule has 1 heterocycles. The molecule has 0 radical (unpaired) electrons. The fourth-order valence-electron chi connectivity index (χ4n) is 2.25. The number of tetrazole rings is 1. The Balaban J connectivity index is 1.65. The lowest BCUT2D eigenvalue weighted by Gasteiger charge is -2.06. The molecule has 0 fully saturated rings. The summed E-state index contributed by atoms with van der Waals surface area (Å²) in [6.45, 7) is 0.178. The molecule has 0 aliphatic carbocycles. The molecule has 0 saturated carbocycles. The summed E-state index contributed by atoms with van der Waals surface area (Å²) in [6, 6.07) is 13.7. The molecule has 1 atom stereocenters. The summed E-state index contributed by atoms with van der Waals surface area (Å²) < 4.78 is 5.73. The van der Waals surface area contributed by atoms with Crippen LogP contribution >= 0.6 is 11.6 Å². The molecule has 3 aromatic rings. The lowest BCUT2D eigenvalue weighted by Crippen LogP contribution is -2.30. The molecule has 3 N–H and O–H groups in total. The third kappa shape index (κ3) is 4.78. The molecule has 2 aromatic carbocycles. The first-order chi connectivity index (χ1) is 12.5. The van der Waals surface area contributed by atoms with E-state index in [2.05, 4.69) is 15.4 Å². The first kappa shape index (κ1) is 17.8. The molecule has 26 heavy (non-hydrogen) atoms. The molecule has 9 heteroatoms. The zero-order chi connectivity index (χ0) is 18.5. The molecule has 3 rings (SSSR count). The fraction of sp³-hybridized carbons (Fsp3) is 0.176. The van der Waals surface area contributed by atoms with Gasteiger partial charge in [-0.2, -0.15) is 4.80 Å². The second kappa shape index (κ2) is 7.94. The second-order valence-corrected chi connectivity index (χ2v) is 6.04. The molecular formula is C17H16ClN5O3. The molecule has 8 nitrogen and oxygen atoms in total. The lowest BCUT2D eigenvalue weighted by molar-refractivity contribution is -0.137. The predicted octanol–water partition coefficient (Wildman–Crippen LogP) is 2.59. The molecule has 0 bridgehead atoms. The van der Waals surface area contributed by atoms with Gasteiger partial charge in [-0.3, -0.25) is 4.79 Å². The van der Waals surface area contributed by atoms with Crippen molar-refractivity contribution in [2.45, 2.75) is 19.0 Å². The van der Waals surface area contributed by atoms with E-state index < -0.39 is 12.0 Å². The highest BCUT2D eigenvalue weighted by atomic mass is 35.5. The number of ether oxygens (including phenoxy) is 1. The molecule has 0 spiro atoms. The minimum Gasteiger partial charge on any atom is -0.481 e. The van der Waals surface area contributed by atoms with Gasteiger partial charge in [0.2, 0.25) is 5.82 Å². The van der Waals surface area contributed by atoms with E-state index in [1.54, 1.807) is 36.4 Å². The summed E-state index contributed by atoms with van der Waals surface area (Å²) in [7, 11) is 0. The zero-order valence-corrected chi connectivity index (χ0v) is 14.4. The Labute approximate surface area is 154 Å². The van der Waals surface area contributed by atoms with Crippen LogP contribution in [0.1, 0.15) is 6.42 Å². The zero-order valence-electron chi connectivity index (χ0n) is 13.6. The highest BCUT2D eigenvalue weighted by Crippen LogP contribution is 2.25. The topological polar surface area (TPSA) is 116 Å². The quantitative estimate of drug-likeness (QED) is 0.653. The monoisotopic (exact) mass is 373 g/mol. The molecule has 0 aliphatic rings. The Morgan fingerprint density at radius 2 is 1.77 bits per heavy atom. The van der Waals surface area contributed by atoms with Gasteiger partial charge in [0, 0.05) is 16.6 Å². The molecule has 134 valence electrons. The number of halogens is 1. The number of hydrogen-bond donors (Lipinski definition) is 2. The lowest BCUT2D eigenvalue weighted by atomic mass is 10.2. The van der Waals surface area contributed by atoms with Crippen molar-refractivity contribution < 1.29 is 14.6 Å². The van der Waals surface area contributed by atoms with Crippen LogP contribution in [0.5, 0.6) is 11.5 Å². The van der Waals surface area contributed by atoms with Gasteiger partial charge in [0.1, 0.15) is 11.5 Å². The number of nitrogens with zero attached hydrogens (tertiary/aromatic N) is 4. The van der Waals surface area contributed by atoms with Crippen LogP contribution in [0.2, 0.25) is 5.02 Å². The summed E-state index contributed by atoms with van der Waals surface area (Å²) >= 11 is 5.85. The van der Waals surface area contributed by atoms with E-state index in [-0.39, 0.29) is 13.0 Å². The number of hydrogen-bond acceptors (Lipinski definition) is 6. The van der Waals surface area contributed by atoms with Crippen molar-refractivity contribution in [3.05, 3.63) is 53.6 Å². The van der Waals surface area contributed by atoms with E-state index >= 15 is 0 Å². The van der Waals surface area contributed by atoms with Gasteiger partial charge in [-0.05, 0) is 53.7 Å². The standard InChI is InChI=1S/C17H16ClN5O3/c18-12-3-7-15(8-4-12)26-14-5-1-11(2-6-14)17-20-22-23(21-17)10-13(19)9-16(24)25/h1-8,13H,9-10,19H2,(H,24,25).